The van der Waals surface area contributed by atoms with E-state index in [0.29, 0.717) is 0 Å². The number of H-pyrrole nitrogens is 1. The van der Waals surface area contributed by atoms with Gasteiger partial charge in [-0.05, 0) is 0 Å². The average Bonchev–Trinajstić information content (AvgIpc) is 1.76. The zero-order valence-corrected chi connectivity index (χ0v) is 6.13. The molecule has 4 heteroatoms. The summed E-state index contributed by atoms with van der Waals surface area (Å²) in [5.41, 5.74) is 0. The number of nitrogens with one attached hydrogen (secondary N) is 1. The molecule has 1 N–H and O–H groups in total. The van der Waals surface area contributed by atoms with Crippen molar-refractivity contribution >= 4 is 26.6 Å². The molecule has 0 aromatic carbocycles. The fraction of sp³-hybridized carbons (Fsp3) is 0. The van der Waals surface area contributed by atoms with E-state index in [0.717, 1.165) is 0 Å². The summed E-state index contributed by atoms with van der Waals surface area (Å²) in [6.45, 7) is 0. The van der Waals surface area contributed by atoms with Gasteiger partial charge >= 0.3 is 0 Å². The topological polar surface area (TPSA) is 41.6 Å². The predicted octanol–water partition coefficient (Wildman–Crippen LogP) is -0.576. The molecule has 0 aliphatic carbocycles. The van der Waals surface area contributed by atoms with Crippen LogP contribution in [0.2, 0.25) is 0 Å². The van der Waals surface area contributed by atoms with E-state index in [2.05, 4.69) is 15.4 Å². The minimum Gasteiger partial charge on any atom is -0.198 e. The van der Waals surface area contributed by atoms with Crippen molar-refractivity contribution in [2.75, 3.05) is 0 Å². The molecule has 0 amide bonds. The number of aromatic nitrogens is 3. The maximum atomic E-state index is 3.49. The first kappa shape index (κ1) is 6.04. The Kier molecular flexibility index (Phi) is 3.25. The maximum absolute atomic E-state index is 3.49. The van der Waals surface area contributed by atoms with Crippen LogP contribution in [0.3, 0.4) is 0 Å². The monoisotopic (exact) mass is 278 g/mol. The zero-order valence-electron chi connectivity index (χ0n) is 2.96. The van der Waals surface area contributed by atoms with Crippen LogP contribution in [0.5, 0.6) is 0 Å². The van der Waals surface area contributed by atoms with Gasteiger partial charge in [-0.25, -0.2) is 0 Å². The smallest absolute Gasteiger partial charge is 0.0690 e. The SMILES string of the molecule is [Po].c1cn[nH]n1. The van der Waals surface area contributed by atoms with Crippen molar-refractivity contribution in [3.05, 3.63) is 12.4 Å². The molecule has 0 atom stereocenters. The minimum absolute atomic E-state index is 0. The van der Waals surface area contributed by atoms with Crippen LogP contribution in [0.15, 0.2) is 12.4 Å². The zero-order chi connectivity index (χ0) is 3.54. The van der Waals surface area contributed by atoms with Gasteiger partial charge in [0.2, 0.25) is 0 Å². The standard InChI is InChI=1S/C2H3N3.Po/c1-2-4-5-3-1;/h1-2H,(H,3,4,5);. The molecule has 1 aromatic rings. The molecule has 3 nitrogen and oxygen atoms in total. The van der Waals surface area contributed by atoms with Gasteiger partial charge in [0.05, 0.1) is 12.4 Å². The van der Waals surface area contributed by atoms with Crippen LogP contribution in [0, 0.1) is 0 Å². The molecule has 1 heterocycles. The Morgan fingerprint density at radius 3 is 1.83 bits per heavy atom. The number of nitrogens with zero attached hydrogens (tertiary/aromatic N) is 2. The molecule has 0 unspecified atom stereocenters. The van der Waals surface area contributed by atoms with E-state index in [9.17, 15) is 0 Å². The molecule has 2 radical (unpaired) electrons. The summed E-state index contributed by atoms with van der Waals surface area (Å²) in [4.78, 5) is 0. The normalized spacial score (nSPS) is 6.67. The predicted molar refractivity (Wildman–Crippen MR) is 22.1 cm³/mol. The second-order valence-corrected chi connectivity index (χ2v) is 0.656. The van der Waals surface area contributed by atoms with E-state index in [1.807, 2.05) is 0 Å². The Labute approximate surface area is 54.6 Å². The molecule has 0 aliphatic heterocycles. The van der Waals surface area contributed by atoms with E-state index in [1.165, 1.54) is 0 Å². The first-order valence-corrected chi connectivity index (χ1v) is 1.30. The number of aromatic amines is 1. The molecule has 1 aromatic heterocycles. The van der Waals surface area contributed by atoms with Crippen LogP contribution in [-0.2, 0) is 0 Å². The fourth-order valence-electron chi connectivity index (χ4n) is 0.167. The van der Waals surface area contributed by atoms with Gasteiger partial charge < -0.3 is 0 Å². The van der Waals surface area contributed by atoms with Crippen molar-refractivity contribution in [2.45, 2.75) is 0 Å². The largest absolute Gasteiger partial charge is 0.198 e. The Morgan fingerprint density at radius 1 is 1.17 bits per heavy atom. The Hall–Kier alpha value is 0.0361. The summed E-state index contributed by atoms with van der Waals surface area (Å²) >= 11 is 0. The average molecular weight is 278 g/mol. The van der Waals surface area contributed by atoms with E-state index in [1.54, 1.807) is 12.4 Å². The Bertz CT molecular complexity index is 65.3. The molecular weight excluding hydrogens is 275 g/mol. The van der Waals surface area contributed by atoms with E-state index in [4.69, 9.17) is 0 Å². The molecule has 1 rings (SSSR count). The number of hydrogen-bond donors (Lipinski definition) is 1. The summed E-state index contributed by atoms with van der Waals surface area (Å²) in [7, 11) is 0. The third kappa shape index (κ3) is 1.47. The summed E-state index contributed by atoms with van der Waals surface area (Å²) < 4.78 is 0. The number of rotatable bonds is 0. The maximum Gasteiger partial charge on any atom is 0.0690 e. The van der Waals surface area contributed by atoms with Crippen molar-refractivity contribution in [3.63, 3.8) is 0 Å². The quantitative estimate of drug-likeness (QED) is 0.690. The van der Waals surface area contributed by atoms with Crippen LogP contribution in [-0.4, -0.2) is 42.0 Å². The van der Waals surface area contributed by atoms with Crippen molar-refractivity contribution in [1.82, 2.24) is 15.4 Å². The van der Waals surface area contributed by atoms with Gasteiger partial charge in [0, 0.05) is 26.6 Å². The summed E-state index contributed by atoms with van der Waals surface area (Å²) in [5, 5.41) is 9.33. The van der Waals surface area contributed by atoms with Crippen LogP contribution in [0.1, 0.15) is 0 Å². The van der Waals surface area contributed by atoms with Crippen LogP contribution in [0.25, 0.3) is 0 Å². The van der Waals surface area contributed by atoms with Crippen LogP contribution < -0.4 is 0 Å². The van der Waals surface area contributed by atoms with Gasteiger partial charge in [0.1, 0.15) is 0 Å². The third-order valence-electron chi connectivity index (χ3n) is 0.331. The van der Waals surface area contributed by atoms with E-state index in [-0.39, 0.29) is 26.6 Å². The molecule has 0 saturated heterocycles. The molecule has 0 aliphatic rings. The van der Waals surface area contributed by atoms with Gasteiger partial charge in [-0.1, -0.05) is 0 Å². The summed E-state index contributed by atoms with van der Waals surface area (Å²) in [5.74, 6) is 0. The molecule has 6 heavy (non-hydrogen) atoms. The van der Waals surface area contributed by atoms with Crippen molar-refractivity contribution in [2.24, 2.45) is 0 Å². The fourth-order valence-corrected chi connectivity index (χ4v) is 0.167. The molecule has 0 saturated carbocycles. The van der Waals surface area contributed by atoms with Crippen molar-refractivity contribution in [3.8, 4) is 0 Å². The van der Waals surface area contributed by atoms with Gasteiger partial charge in [-0.3, -0.25) is 0 Å². The van der Waals surface area contributed by atoms with E-state index >= 15 is 0 Å². The van der Waals surface area contributed by atoms with Crippen LogP contribution in [0.4, 0.5) is 0 Å². The molecular formula is C2H3N3Po. The molecule has 0 bridgehead atoms. The molecule has 0 spiro atoms. The van der Waals surface area contributed by atoms with Crippen LogP contribution >= 0.6 is 0 Å². The Morgan fingerprint density at radius 2 is 1.67 bits per heavy atom. The third-order valence-corrected chi connectivity index (χ3v) is 0.331. The first-order chi connectivity index (χ1) is 2.50. The van der Waals surface area contributed by atoms with Gasteiger partial charge in [-0.15, -0.1) is 0 Å². The van der Waals surface area contributed by atoms with Crippen molar-refractivity contribution < 1.29 is 0 Å². The molecule has 32 valence electrons. The van der Waals surface area contributed by atoms with Gasteiger partial charge in [-0.2, -0.15) is 15.4 Å². The molecule has 0 fully saturated rings. The summed E-state index contributed by atoms with van der Waals surface area (Å²) in [6, 6.07) is 0. The Balaban J connectivity index is 0.000000250. The second-order valence-electron chi connectivity index (χ2n) is 0.656. The van der Waals surface area contributed by atoms with Crippen molar-refractivity contribution in [1.29, 1.82) is 0 Å². The van der Waals surface area contributed by atoms with Gasteiger partial charge in [0.25, 0.3) is 0 Å². The van der Waals surface area contributed by atoms with E-state index < -0.39 is 0 Å². The summed E-state index contributed by atoms with van der Waals surface area (Å²) in [6.07, 6.45) is 3.17. The second kappa shape index (κ2) is 3.23. The minimum atomic E-state index is 0. The number of hydrogen-bond acceptors (Lipinski definition) is 2. The first-order valence-electron chi connectivity index (χ1n) is 1.30. The van der Waals surface area contributed by atoms with Gasteiger partial charge in [0.15, 0.2) is 0 Å².